The Labute approximate surface area is 141 Å². The van der Waals surface area contributed by atoms with Crippen LogP contribution in [0, 0.1) is 29.4 Å². The number of amides is 2. The van der Waals surface area contributed by atoms with E-state index in [0.29, 0.717) is 6.54 Å². The number of carbonyl (C=O) groups excluding carboxylic acids is 1. The molecule has 0 atom stereocenters. The van der Waals surface area contributed by atoms with Gasteiger partial charge >= 0.3 is 6.03 Å². The molecule has 1 aromatic carbocycles. The Balaban J connectivity index is 0.00000118. The molecule has 0 aliphatic carbocycles. The van der Waals surface area contributed by atoms with E-state index in [1.165, 1.54) is 11.9 Å². The van der Waals surface area contributed by atoms with E-state index in [1.54, 1.807) is 4.90 Å². The maximum atomic E-state index is 12.5. The van der Waals surface area contributed by atoms with Crippen molar-refractivity contribution in [2.24, 2.45) is 5.73 Å². The van der Waals surface area contributed by atoms with Crippen LogP contribution in [0.4, 0.5) is 10.5 Å². The third-order valence-electron chi connectivity index (χ3n) is 3.32. The Morgan fingerprint density at radius 2 is 1.83 bits per heavy atom. The molecule has 0 heterocycles. The Kier molecular flexibility index (Phi) is 8.85. The van der Waals surface area contributed by atoms with Crippen LogP contribution in [0.15, 0.2) is 18.2 Å². The number of unbranched alkanes of at least 4 members (excludes halogenated alkanes) is 1. The van der Waals surface area contributed by atoms with E-state index in [1.807, 2.05) is 32.0 Å². The molecule has 0 aromatic heterocycles. The van der Waals surface area contributed by atoms with Crippen LogP contribution in [0.25, 0.3) is 0 Å². The number of rotatable bonds is 4. The molecule has 0 saturated heterocycles. The van der Waals surface area contributed by atoms with Crippen LogP contribution >= 0.6 is 0 Å². The summed E-state index contributed by atoms with van der Waals surface area (Å²) >= 11 is 0. The maximum Gasteiger partial charge on any atom is 0.331 e. The fourth-order valence-corrected chi connectivity index (χ4v) is 2.13. The number of aryl methyl sites for hydroxylation is 2. The molecule has 9 heteroatoms. The zero-order valence-electron chi connectivity index (χ0n) is 14.4. The first-order valence-electron chi connectivity index (χ1n) is 7.42. The van der Waals surface area contributed by atoms with Gasteiger partial charge in [0.2, 0.25) is 0 Å². The molecule has 0 spiro atoms. The molecule has 2 amide bonds. The standard InChI is InChI=1S/C15H24N4O.HNO3/c1-5-6-10-19(15(20)18(4)14(16)17)13-11(2)8-7-9-12(13)3;2-1(3)4/h7-9H,5-6,10H2,1-4H3,(H3,16,17);(H,2,3,4). The Morgan fingerprint density at radius 1 is 1.38 bits per heavy atom. The van der Waals surface area contributed by atoms with Gasteiger partial charge in [0, 0.05) is 13.6 Å². The lowest BCUT2D eigenvalue weighted by molar-refractivity contribution is -0.742. The van der Waals surface area contributed by atoms with Crippen molar-refractivity contribution >= 4 is 17.7 Å². The SMILES string of the molecule is CCCCN(C(=O)N(C)C(=N)N)c1c(C)cccc1C.O=[N+]([O-])O. The minimum absolute atomic E-state index is 0.247. The van der Waals surface area contributed by atoms with E-state index < -0.39 is 5.09 Å². The first-order chi connectivity index (χ1) is 11.1. The minimum atomic E-state index is -1.50. The Morgan fingerprint density at radius 3 is 2.21 bits per heavy atom. The first kappa shape index (κ1) is 21.2. The van der Waals surface area contributed by atoms with Gasteiger partial charge in [-0.25, -0.2) is 4.79 Å². The predicted octanol–water partition coefficient (Wildman–Crippen LogP) is 2.51. The largest absolute Gasteiger partial charge is 0.370 e. The molecule has 0 saturated carbocycles. The van der Waals surface area contributed by atoms with Crippen molar-refractivity contribution in [3.63, 3.8) is 0 Å². The lowest BCUT2D eigenvalue weighted by atomic mass is 10.1. The first-order valence-corrected chi connectivity index (χ1v) is 7.42. The summed E-state index contributed by atoms with van der Waals surface area (Å²) < 4.78 is 0. The van der Waals surface area contributed by atoms with Crippen LogP contribution in [0.3, 0.4) is 0 Å². The fraction of sp³-hybridized carbons (Fsp3) is 0.467. The summed E-state index contributed by atoms with van der Waals surface area (Å²) in [5, 5.41) is 21.1. The zero-order chi connectivity index (χ0) is 18.9. The van der Waals surface area contributed by atoms with Gasteiger partial charge in [0.05, 0.1) is 5.69 Å². The average Bonchev–Trinajstić information content (AvgIpc) is 2.48. The van der Waals surface area contributed by atoms with Crippen molar-refractivity contribution in [2.45, 2.75) is 33.6 Å². The van der Waals surface area contributed by atoms with Gasteiger partial charge in [0.15, 0.2) is 5.96 Å². The second kappa shape index (κ2) is 10.0. The molecular formula is C15H25N5O4. The molecule has 0 fully saturated rings. The lowest BCUT2D eigenvalue weighted by Crippen LogP contribution is -2.47. The second-order valence-corrected chi connectivity index (χ2v) is 5.21. The van der Waals surface area contributed by atoms with E-state index in [9.17, 15) is 4.79 Å². The highest BCUT2D eigenvalue weighted by Crippen LogP contribution is 2.26. The van der Waals surface area contributed by atoms with Crippen LogP contribution in [0.5, 0.6) is 0 Å². The summed E-state index contributed by atoms with van der Waals surface area (Å²) in [6.45, 7) is 6.69. The van der Waals surface area contributed by atoms with Gasteiger partial charge in [-0.15, -0.1) is 10.1 Å². The number of hydrogen-bond donors (Lipinski definition) is 3. The van der Waals surface area contributed by atoms with E-state index in [4.69, 9.17) is 26.5 Å². The van der Waals surface area contributed by atoms with Crippen molar-refractivity contribution in [1.29, 1.82) is 5.41 Å². The van der Waals surface area contributed by atoms with E-state index >= 15 is 0 Å². The van der Waals surface area contributed by atoms with Crippen LogP contribution in [-0.4, -0.2) is 40.8 Å². The molecule has 134 valence electrons. The number of nitrogens with two attached hydrogens (primary N) is 1. The normalized spacial score (nSPS) is 9.50. The minimum Gasteiger partial charge on any atom is -0.370 e. The summed E-state index contributed by atoms with van der Waals surface area (Å²) in [5.74, 6) is -0.247. The van der Waals surface area contributed by atoms with Crippen molar-refractivity contribution in [3.05, 3.63) is 39.4 Å². The van der Waals surface area contributed by atoms with Crippen molar-refractivity contribution in [1.82, 2.24) is 4.90 Å². The highest BCUT2D eigenvalue weighted by molar-refractivity contribution is 6.02. The molecule has 0 aliphatic heterocycles. The smallest absolute Gasteiger partial charge is 0.331 e. The Hall–Kier alpha value is -2.84. The number of benzene rings is 1. The third-order valence-corrected chi connectivity index (χ3v) is 3.32. The summed E-state index contributed by atoms with van der Waals surface area (Å²) in [6.07, 6.45) is 1.91. The molecule has 0 aliphatic rings. The molecule has 0 unspecified atom stereocenters. The molecule has 4 N–H and O–H groups in total. The fourth-order valence-electron chi connectivity index (χ4n) is 2.13. The number of nitrogens with zero attached hydrogens (tertiary/aromatic N) is 3. The lowest BCUT2D eigenvalue weighted by Gasteiger charge is -2.29. The van der Waals surface area contributed by atoms with Gasteiger partial charge in [-0.1, -0.05) is 31.5 Å². The van der Waals surface area contributed by atoms with Gasteiger partial charge in [-0.05, 0) is 31.4 Å². The molecule has 9 nitrogen and oxygen atoms in total. The average molecular weight is 339 g/mol. The number of anilines is 1. The number of nitrogens with one attached hydrogen (secondary N) is 1. The third kappa shape index (κ3) is 6.51. The van der Waals surface area contributed by atoms with Gasteiger partial charge in [-0.3, -0.25) is 15.2 Å². The van der Waals surface area contributed by atoms with E-state index in [0.717, 1.165) is 29.7 Å². The van der Waals surface area contributed by atoms with Crippen molar-refractivity contribution in [3.8, 4) is 0 Å². The highest BCUT2D eigenvalue weighted by atomic mass is 16.9. The van der Waals surface area contributed by atoms with E-state index in [2.05, 4.69) is 6.92 Å². The summed E-state index contributed by atoms with van der Waals surface area (Å²) in [6, 6.07) is 5.69. The molecule has 1 rings (SSSR count). The van der Waals surface area contributed by atoms with Crippen LogP contribution in [-0.2, 0) is 0 Å². The molecule has 24 heavy (non-hydrogen) atoms. The topological polar surface area (TPSA) is 137 Å². The number of carbonyl (C=O) groups is 1. The van der Waals surface area contributed by atoms with Crippen LogP contribution in [0.2, 0.25) is 0 Å². The summed E-state index contributed by atoms with van der Waals surface area (Å²) in [4.78, 5) is 23.8. The van der Waals surface area contributed by atoms with Crippen molar-refractivity contribution in [2.75, 3.05) is 18.5 Å². The highest BCUT2D eigenvalue weighted by Gasteiger charge is 2.23. The molecule has 0 radical (unpaired) electrons. The number of guanidine groups is 1. The van der Waals surface area contributed by atoms with Gasteiger partial charge < -0.3 is 10.9 Å². The molecule has 1 aromatic rings. The predicted molar refractivity (Wildman–Crippen MR) is 92.0 cm³/mol. The molecule has 0 bridgehead atoms. The number of para-hydroxylation sites is 1. The monoisotopic (exact) mass is 339 g/mol. The van der Waals surface area contributed by atoms with Crippen molar-refractivity contribution < 1.29 is 15.1 Å². The molecular weight excluding hydrogens is 314 g/mol. The van der Waals surface area contributed by atoms with Gasteiger partial charge in [-0.2, -0.15) is 0 Å². The second-order valence-electron chi connectivity index (χ2n) is 5.21. The van der Waals surface area contributed by atoms with Gasteiger partial charge in [0.1, 0.15) is 0 Å². The van der Waals surface area contributed by atoms with E-state index in [-0.39, 0.29) is 12.0 Å². The summed E-state index contributed by atoms with van der Waals surface area (Å²) in [7, 11) is 1.53. The zero-order valence-corrected chi connectivity index (χ0v) is 14.4. The van der Waals surface area contributed by atoms with Crippen LogP contribution in [0.1, 0.15) is 30.9 Å². The Bertz CT molecular complexity index is 567. The summed E-state index contributed by atoms with van der Waals surface area (Å²) in [5.41, 5.74) is 8.43. The van der Waals surface area contributed by atoms with Crippen LogP contribution < -0.4 is 10.6 Å². The number of urea groups is 1. The maximum absolute atomic E-state index is 12.5. The quantitative estimate of drug-likeness (QED) is 0.335. The van der Waals surface area contributed by atoms with Gasteiger partial charge in [0.25, 0.3) is 5.09 Å². The number of hydrogen-bond acceptors (Lipinski definition) is 4.